The molecule has 256 valence electrons. The number of fused-ring (bicyclic) bond motifs is 2. The Labute approximate surface area is 284 Å². The minimum Gasteiger partial charge on any atom is -0.462 e. The van der Waals surface area contributed by atoms with E-state index in [1.807, 2.05) is 97.9 Å². The number of carbonyl (C=O) groups is 2. The maximum Gasteiger partial charge on any atom is 0.316 e. The fraction of sp³-hybridized carbons (Fsp3) is 0.500. The Hall–Kier alpha value is -3.72. The highest BCUT2D eigenvalue weighted by Gasteiger charge is 2.43. The number of benzene rings is 3. The molecule has 48 heavy (non-hydrogen) atoms. The lowest BCUT2D eigenvalue weighted by molar-refractivity contribution is -0.155. The molecule has 4 atom stereocenters. The molecule has 1 saturated carbocycles. The van der Waals surface area contributed by atoms with E-state index in [-0.39, 0.29) is 30.8 Å². The van der Waals surface area contributed by atoms with Crippen LogP contribution >= 0.6 is 0 Å². The van der Waals surface area contributed by atoms with Gasteiger partial charge in [-0.15, -0.1) is 0 Å². The van der Waals surface area contributed by atoms with Gasteiger partial charge in [0.15, 0.2) is 0 Å². The Balaban J connectivity index is 0.940. The standard InChI is InChI=1S/C40H51N3O5/c1-28(40(47,31-13-7-3-8-14-31)32-15-9-4-10-16-32)41-39(46)42-33-19-17-29(18-20-33)23-24-43-34-21-22-35(43)26-36(25-34)48-38(45)37(27-44)30-11-5-2-6-12-30/h2-16,28-29,33-37,44,47H,17-27H2,1H3,(H2,41,42,46)/t28-,29?,33?,34?,35?,36?,37?/m1/s1. The molecule has 2 aliphatic heterocycles. The third kappa shape index (κ3) is 7.77. The average Bonchev–Trinajstić information content (AvgIpc) is 3.36. The van der Waals surface area contributed by atoms with Gasteiger partial charge in [-0.05, 0) is 81.0 Å². The summed E-state index contributed by atoms with van der Waals surface area (Å²) in [4.78, 5) is 28.8. The minimum atomic E-state index is -1.36. The Morgan fingerprint density at radius 1 is 0.833 bits per heavy atom. The molecule has 0 spiro atoms. The van der Waals surface area contributed by atoms with Crippen molar-refractivity contribution in [1.29, 1.82) is 0 Å². The van der Waals surface area contributed by atoms with Gasteiger partial charge in [-0.25, -0.2) is 4.79 Å². The molecule has 0 radical (unpaired) electrons. The van der Waals surface area contributed by atoms with E-state index < -0.39 is 17.6 Å². The van der Waals surface area contributed by atoms with Crippen LogP contribution in [0.25, 0.3) is 0 Å². The SMILES string of the molecule is C[C@@H](NC(=O)NC1CCC(CCN2C3CCC2CC(OC(=O)C(CO)c2ccccc2)C3)CC1)C(O)(c1ccccc1)c1ccccc1. The molecule has 2 saturated heterocycles. The van der Waals surface area contributed by atoms with Crippen molar-refractivity contribution in [3.05, 3.63) is 108 Å². The highest BCUT2D eigenvalue weighted by atomic mass is 16.5. The molecule has 3 unspecified atom stereocenters. The fourth-order valence-corrected chi connectivity index (χ4v) is 8.44. The minimum absolute atomic E-state index is 0.0873. The molecule has 4 N–H and O–H groups in total. The summed E-state index contributed by atoms with van der Waals surface area (Å²) in [5, 5.41) is 28.1. The van der Waals surface area contributed by atoms with Crippen LogP contribution in [0.15, 0.2) is 91.0 Å². The van der Waals surface area contributed by atoms with Gasteiger partial charge in [-0.3, -0.25) is 9.69 Å². The van der Waals surface area contributed by atoms with Gasteiger partial charge in [0, 0.05) is 31.0 Å². The molecule has 3 aromatic carbocycles. The van der Waals surface area contributed by atoms with Crippen molar-refractivity contribution in [1.82, 2.24) is 15.5 Å². The second-order valence-electron chi connectivity index (χ2n) is 14.1. The average molecular weight is 654 g/mol. The first kappa shape index (κ1) is 34.2. The van der Waals surface area contributed by atoms with Gasteiger partial charge in [-0.1, -0.05) is 91.0 Å². The highest BCUT2D eigenvalue weighted by molar-refractivity contribution is 5.78. The number of nitrogens with zero attached hydrogens (tertiary/aromatic N) is 1. The molecule has 3 aliphatic rings. The van der Waals surface area contributed by atoms with Crippen molar-refractivity contribution >= 4 is 12.0 Å². The number of ether oxygens (including phenoxy) is 1. The van der Waals surface area contributed by atoms with Gasteiger partial charge < -0.3 is 25.6 Å². The van der Waals surface area contributed by atoms with Crippen molar-refractivity contribution in [3.8, 4) is 0 Å². The van der Waals surface area contributed by atoms with E-state index in [9.17, 15) is 19.8 Å². The lowest BCUT2D eigenvalue weighted by Gasteiger charge is -2.40. The zero-order chi connectivity index (χ0) is 33.5. The van der Waals surface area contributed by atoms with E-state index >= 15 is 0 Å². The molecule has 8 heteroatoms. The van der Waals surface area contributed by atoms with Crippen LogP contribution in [-0.4, -0.2) is 70.5 Å². The van der Waals surface area contributed by atoms with E-state index in [4.69, 9.17) is 4.74 Å². The van der Waals surface area contributed by atoms with Gasteiger partial charge in [0.2, 0.25) is 0 Å². The molecular formula is C40H51N3O5. The summed E-state index contributed by atoms with van der Waals surface area (Å²) in [5.74, 6) is -0.316. The number of urea groups is 1. The Morgan fingerprint density at radius 3 is 1.92 bits per heavy atom. The third-order valence-corrected chi connectivity index (χ3v) is 11.2. The van der Waals surface area contributed by atoms with Crippen molar-refractivity contribution in [3.63, 3.8) is 0 Å². The number of hydrogen-bond acceptors (Lipinski definition) is 6. The van der Waals surface area contributed by atoms with E-state index in [0.29, 0.717) is 18.0 Å². The van der Waals surface area contributed by atoms with E-state index in [1.54, 1.807) is 0 Å². The number of hydrogen-bond donors (Lipinski definition) is 4. The quantitative estimate of drug-likeness (QED) is 0.182. The first-order valence-corrected chi connectivity index (χ1v) is 17.9. The maximum atomic E-state index is 13.2. The normalized spacial score (nSPS) is 25.5. The maximum absolute atomic E-state index is 13.2. The van der Waals surface area contributed by atoms with Gasteiger partial charge in [0.05, 0.1) is 12.6 Å². The van der Waals surface area contributed by atoms with E-state index in [2.05, 4.69) is 15.5 Å². The molecular weight excluding hydrogens is 602 g/mol. The number of esters is 1. The monoisotopic (exact) mass is 653 g/mol. The van der Waals surface area contributed by atoms with E-state index in [1.165, 1.54) is 0 Å². The summed E-state index contributed by atoms with van der Waals surface area (Å²) in [6.07, 6.45) is 9.16. The number of rotatable bonds is 12. The van der Waals surface area contributed by atoms with Gasteiger partial charge >= 0.3 is 12.0 Å². The number of piperidine rings is 1. The molecule has 2 amide bonds. The van der Waals surface area contributed by atoms with Crippen LogP contribution in [0.4, 0.5) is 4.79 Å². The second kappa shape index (κ2) is 15.7. The van der Waals surface area contributed by atoms with Crippen molar-refractivity contribution in [2.45, 2.75) is 107 Å². The highest BCUT2D eigenvalue weighted by Crippen LogP contribution is 2.39. The first-order chi connectivity index (χ1) is 23.3. The Kier molecular flexibility index (Phi) is 11.1. The fourth-order valence-electron chi connectivity index (χ4n) is 8.44. The zero-order valence-corrected chi connectivity index (χ0v) is 28.0. The topological polar surface area (TPSA) is 111 Å². The lowest BCUT2D eigenvalue weighted by atomic mass is 9.81. The van der Waals surface area contributed by atoms with Gasteiger partial charge in [0.25, 0.3) is 0 Å². The van der Waals surface area contributed by atoms with Crippen LogP contribution in [0.1, 0.15) is 87.3 Å². The molecule has 3 aromatic rings. The number of aliphatic hydroxyl groups excluding tert-OH is 1. The predicted molar refractivity (Wildman–Crippen MR) is 186 cm³/mol. The van der Waals surface area contributed by atoms with Crippen LogP contribution in [0.5, 0.6) is 0 Å². The molecule has 3 fully saturated rings. The first-order valence-electron chi connectivity index (χ1n) is 17.9. The van der Waals surface area contributed by atoms with Crippen LogP contribution in [0.3, 0.4) is 0 Å². The van der Waals surface area contributed by atoms with E-state index in [0.717, 1.165) is 81.0 Å². The smallest absolute Gasteiger partial charge is 0.316 e. The predicted octanol–water partition coefficient (Wildman–Crippen LogP) is 5.87. The molecule has 2 heterocycles. The number of aliphatic hydroxyl groups is 2. The summed E-state index contributed by atoms with van der Waals surface area (Å²) < 4.78 is 5.97. The number of carbonyl (C=O) groups excluding carboxylic acids is 2. The molecule has 0 aromatic heterocycles. The van der Waals surface area contributed by atoms with Crippen LogP contribution in [0.2, 0.25) is 0 Å². The second-order valence-corrected chi connectivity index (χ2v) is 14.1. The molecule has 2 bridgehead atoms. The summed E-state index contributed by atoms with van der Waals surface area (Å²) >= 11 is 0. The number of nitrogens with one attached hydrogen (secondary N) is 2. The Morgan fingerprint density at radius 2 is 1.38 bits per heavy atom. The van der Waals surface area contributed by atoms with Crippen molar-refractivity contribution in [2.75, 3.05) is 13.2 Å². The zero-order valence-electron chi connectivity index (χ0n) is 28.0. The Bertz CT molecular complexity index is 1410. The molecule has 8 nitrogen and oxygen atoms in total. The largest absolute Gasteiger partial charge is 0.462 e. The van der Waals surface area contributed by atoms with Crippen LogP contribution in [-0.2, 0) is 15.1 Å². The summed E-state index contributed by atoms with van der Waals surface area (Å²) in [6.45, 7) is 2.67. The summed E-state index contributed by atoms with van der Waals surface area (Å²) in [5.41, 5.74) is 0.906. The molecule has 1 aliphatic carbocycles. The lowest BCUT2D eigenvalue weighted by Crippen LogP contribution is -2.54. The molecule has 6 rings (SSSR count). The van der Waals surface area contributed by atoms with Crippen molar-refractivity contribution < 1.29 is 24.5 Å². The van der Waals surface area contributed by atoms with Crippen LogP contribution < -0.4 is 10.6 Å². The van der Waals surface area contributed by atoms with Gasteiger partial charge in [0.1, 0.15) is 17.6 Å². The summed E-state index contributed by atoms with van der Waals surface area (Å²) in [7, 11) is 0. The van der Waals surface area contributed by atoms with Crippen molar-refractivity contribution in [2.24, 2.45) is 5.92 Å². The van der Waals surface area contributed by atoms with Gasteiger partial charge in [-0.2, -0.15) is 0 Å². The third-order valence-electron chi connectivity index (χ3n) is 11.2. The summed E-state index contributed by atoms with van der Waals surface area (Å²) in [6, 6.07) is 28.6. The number of amides is 2. The van der Waals surface area contributed by atoms with Crippen LogP contribution in [0, 0.1) is 5.92 Å².